The van der Waals surface area contributed by atoms with Crippen LogP contribution in [0.3, 0.4) is 0 Å². The van der Waals surface area contributed by atoms with Crippen molar-refractivity contribution < 1.29 is 13.2 Å². The van der Waals surface area contributed by atoms with Gasteiger partial charge in [0.25, 0.3) is 0 Å². The van der Waals surface area contributed by atoms with Crippen LogP contribution in [0.25, 0.3) is 0 Å². The van der Waals surface area contributed by atoms with Gasteiger partial charge in [-0.05, 0) is 35.0 Å². The van der Waals surface area contributed by atoms with Crippen molar-refractivity contribution in [2.24, 2.45) is 0 Å². The fourth-order valence-corrected chi connectivity index (χ4v) is 4.15. The van der Waals surface area contributed by atoms with Crippen LogP contribution in [0.2, 0.25) is 0 Å². The van der Waals surface area contributed by atoms with E-state index in [9.17, 15) is 13.2 Å². The van der Waals surface area contributed by atoms with Gasteiger partial charge < -0.3 is 0 Å². The maximum Gasteiger partial charge on any atom is 0.194 e. The first kappa shape index (κ1) is 10.9. The Morgan fingerprint density at radius 2 is 2.15 bits per heavy atom. The Morgan fingerprint density at radius 1 is 1.54 bits per heavy atom. The number of thiophene rings is 1. The molecule has 0 saturated carbocycles. The molecule has 1 aromatic rings. The maximum absolute atomic E-state index is 11.4. The smallest absolute Gasteiger partial charge is 0.194 e. The molecule has 3 nitrogen and oxygen atoms in total. The highest BCUT2D eigenvalue weighted by atomic mass is 79.9. The van der Waals surface area contributed by atoms with Crippen LogP contribution >= 0.6 is 27.3 Å². The van der Waals surface area contributed by atoms with Crippen molar-refractivity contribution in [1.82, 2.24) is 0 Å². The minimum absolute atomic E-state index is 0.231. The molecular weight excluding hydrogens is 276 g/mol. The third-order valence-electron chi connectivity index (χ3n) is 1.25. The Labute approximate surface area is 88.8 Å². The lowest BCUT2D eigenvalue weighted by atomic mass is 10.5. The predicted octanol–water partition coefficient (Wildman–Crippen LogP) is 1.87. The first-order valence-electron chi connectivity index (χ1n) is 3.39. The zero-order valence-electron chi connectivity index (χ0n) is 6.78. The molecule has 0 aliphatic heterocycles. The summed E-state index contributed by atoms with van der Waals surface area (Å²) in [4.78, 5) is 10.7. The fraction of sp³-hybridized carbons (Fsp3) is 0.286. The molecule has 0 bridgehead atoms. The molecule has 0 radical (unpaired) electrons. The van der Waals surface area contributed by atoms with Gasteiger partial charge >= 0.3 is 0 Å². The number of Topliss-reactive ketones (excluding diaryl/α,β-unsaturated/α-hetero) is 1. The number of carbonyl (C=O) groups excluding carboxylic acids is 1. The molecule has 0 N–H and O–H groups in total. The lowest BCUT2D eigenvalue weighted by Crippen LogP contribution is -2.11. The van der Waals surface area contributed by atoms with Gasteiger partial charge in [-0.1, -0.05) is 0 Å². The zero-order valence-corrected chi connectivity index (χ0v) is 10.0. The van der Waals surface area contributed by atoms with E-state index < -0.39 is 15.6 Å². The minimum Gasteiger partial charge on any atom is -0.299 e. The van der Waals surface area contributed by atoms with Crippen LogP contribution in [0.15, 0.2) is 20.1 Å². The van der Waals surface area contributed by atoms with E-state index in [4.69, 9.17) is 0 Å². The van der Waals surface area contributed by atoms with Gasteiger partial charge in [-0.2, -0.15) is 0 Å². The van der Waals surface area contributed by atoms with Gasteiger partial charge in [0.2, 0.25) is 0 Å². The second-order valence-electron chi connectivity index (χ2n) is 2.52. The maximum atomic E-state index is 11.4. The summed E-state index contributed by atoms with van der Waals surface area (Å²) in [7, 11) is -3.40. The summed E-state index contributed by atoms with van der Waals surface area (Å²) in [6, 6.07) is 3.14. The zero-order chi connectivity index (χ0) is 10.1. The van der Waals surface area contributed by atoms with Crippen LogP contribution < -0.4 is 0 Å². The number of hydrogen-bond acceptors (Lipinski definition) is 4. The Bertz CT molecular complexity index is 419. The van der Waals surface area contributed by atoms with E-state index in [-0.39, 0.29) is 9.99 Å². The molecule has 0 aromatic carbocycles. The molecule has 6 heteroatoms. The Kier molecular flexibility index (Phi) is 3.26. The summed E-state index contributed by atoms with van der Waals surface area (Å²) in [5.74, 6) is -0.760. The summed E-state index contributed by atoms with van der Waals surface area (Å²) in [5.41, 5.74) is 0. The normalized spacial score (nSPS) is 11.5. The van der Waals surface area contributed by atoms with Crippen molar-refractivity contribution >= 4 is 42.9 Å². The minimum atomic E-state index is -3.40. The highest BCUT2D eigenvalue weighted by Gasteiger charge is 2.18. The van der Waals surface area contributed by atoms with E-state index in [1.54, 1.807) is 6.07 Å². The molecule has 0 unspecified atom stereocenters. The molecule has 0 aliphatic rings. The highest BCUT2D eigenvalue weighted by molar-refractivity contribution is 9.11. The van der Waals surface area contributed by atoms with Crippen LogP contribution in [-0.4, -0.2) is 20.0 Å². The second-order valence-corrected chi connectivity index (χ2v) is 7.20. The SMILES string of the molecule is CC(=O)CS(=O)(=O)c1ccc(Br)s1. The van der Waals surface area contributed by atoms with Gasteiger partial charge in [-0.25, -0.2) is 8.42 Å². The van der Waals surface area contributed by atoms with Crippen LogP contribution in [0.4, 0.5) is 0 Å². The molecule has 1 aromatic heterocycles. The van der Waals surface area contributed by atoms with Gasteiger partial charge in [-0.15, -0.1) is 11.3 Å². The molecule has 0 saturated heterocycles. The number of ketones is 1. The number of rotatable bonds is 3. The lowest BCUT2D eigenvalue weighted by molar-refractivity contribution is -0.114. The third-order valence-corrected chi connectivity index (χ3v) is 5.21. The van der Waals surface area contributed by atoms with Crippen molar-refractivity contribution in [3.63, 3.8) is 0 Å². The average molecular weight is 283 g/mol. The first-order chi connectivity index (χ1) is 5.92. The summed E-state index contributed by atoms with van der Waals surface area (Å²) in [6.07, 6.45) is 0. The number of halogens is 1. The second kappa shape index (κ2) is 3.89. The molecule has 0 amide bonds. The molecule has 72 valence electrons. The molecule has 1 rings (SSSR count). The largest absolute Gasteiger partial charge is 0.299 e. The van der Waals surface area contributed by atoms with E-state index in [1.165, 1.54) is 13.0 Å². The first-order valence-corrected chi connectivity index (χ1v) is 6.65. The highest BCUT2D eigenvalue weighted by Crippen LogP contribution is 2.26. The molecule has 0 spiro atoms. The molecule has 13 heavy (non-hydrogen) atoms. The van der Waals surface area contributed by atoms with Gasteiger partial charge in [-0.3, -0.25) is 4.79 Å². The van der Waals surface area contributed by atoms with Crippen LogP contribution in [0, 0.1) is 0 Å². The standard InChI is InChI=1S/C7H7BrO3S2/c1-5(9)4-13(10,11)7-3-2-6(8)12-7/h2-3H,4H2,1H3. The Balaban J connectivity index is 3.01. The number of sulfone groups is 1. The van der Waals surface area contributed by atoms with Crippen LogP contribution in [0.1, 0.15) is 6.92 Å². The number of hydrogen-bond donors (Lipinski definition) is 0. The topological polar surface area (TPSA) is 51.2 Å². The summed E-state index contributed by atoms with van der Waals surface area (Å²) in [6.45, 7) is 1.26. The molecule has 0 atom stereocenters. The van der Waals surface area contributed by atoms with Crippen molar-refractivity contribution in [2.45, 2.75) is 11.1 Å². The third kappa shape index (κ3) is 2.89. The van der Waals surface area contributed by atoms with Gasteiger partial charge in [0.15, 0.2) is 9.84 Å². The van der Waals surface area contributed by atoms with Crippen molar-refractivity contribution in [3.05, 3.63) is 15.9 Å². The van der Waals surface area contributed by atoms with Crippen LogP contribution in [0.5, 0.6) is 0 Å². The average Bonchev–Trinajstić information content (AvgIpc) is 2.32. The predicted molar refractivity (Wildman–Crippen MR) is 54.8 cm³/mol. The quantitative estimate of drug-likeness (QED) is 0.851. The Hall–Kier alpha value is -0.200. The summed E-state index contributed by atoms with van der Waals surface area (Å²) < 4.78 is 23.8. The van der Waals surface area contributed by atoms with Crippen molar-refractivity contribution in [2.75, 3.05) is 5.75 Å². The molecule has 0 aliphatic carbocycles. The lowest BCUT2D eigenvalue weighted by Gasteiger charge is -1.96. The van der Waals surface area contributed by atoms with E-state index >= 15 is 0 Å². The monoisotopic (exact) mass is 282 g/mol. The number of carbonyl (C=O) groups is 1. The van der Waals surface area contributed by atoms with Crippen LogP contribution in [-0.2, 0) is 14.6 Å². The molecule has 0 fully saturated rings. The van der Waals surface area contributed by atoms with Gasteiger partial charge in [0.1, 0.15) is 15.7 Å². The molecular formula is C7H7BrO3S2. The van der Waals surface area contributed by atoms with Gasteiger partial charge in [0, 0.05) is 0 Å². The van der Waals surface area contributed by atoms with Crippen molar-refractivity contribution in [1.29, 1.82) is 0 Å². The summed E-state index contributed by atoms with van der Waals surface area (Å²) in [5, 5.41) is 0. The fourth-order valence-electron chi connectivity index (χ4n) is 0.804. The van der Waals surface area contributed by atoms with Crippen molar-refractivity contribution in [3.8, 4) is 0 Å². The van der Waals surface area contributed by atoms with E-state index in [0.717, 1.165) is 15.1 Å². The summed E-state index contributed by atoms with van der Waals surface area (Å²) >= 11 is 4.27. The van der Waals surface area contributed by atoms with E-state index in [2.05, 4.69) is 15.9 Å². The van der Waals surface area contributed by atoms with E-state index in [0.29, 0.717) is 0 Å². The van der Waals surface area contributed by atoms with Gasteiger partial charge in [0.05, 0.1) is 3.79 Å². The van der Waals surface area contributed by atoms with E-state index in [1.807, 2.05) is 0 Å². The molecule has 1 heterocycles. The Morgan fingerprint density at radius 3 is 2.54 bits per heavy atom.